The van der Waals surface area contributed by atoms with Gasteiger partial charge in [-0.25, -0.2) is 0 Å². The van der Waals surface area contributed by atoms with E-state index < -0.39 is 5.97 Å². The van der Waals surface area contributed by atoms with Crippen LogP contribution in [-0.2, 0) is 9.59 Å². The smallest absolute Gasteiger partial charge is 0.305 e. The summed E-state index contributed by atoms with van der Waals surface area (Å²) in [5, 5.41) is 8.78. The van der Waals surface area contributed by atoms with Gasteiger partial charge in [0.15, 0.2) is 0 Å². The van der Waals surface area contributed by atoms with E-state index in [9.17, 15) is 9.59 Å². The summed E-state index contributed by atoms with van der Waals surface area (Å²) in [6, 6.07) is 7.78. The molecule has 1 aromatic rings. The topological polar surface area (TPSA) is 83.6 Å². The molecule has 5 nitrogen and oxygen atoms in total. The first kappa shape index (κ1) is 15.4. The van der Waals surface area contributed by atoms with Gasteiger partial charge in [-0.2, -0.15) is 0 Å². The highest BCUT2D eigenvalue weighted by Crippen LogP contribution is 2.29. The standard InChI is InChI=1S/C16H22N2O3/c1-11(12-2-4-13(17)5-3-12)10-15(19)18(14-6-7-14)9-8-16(20)21/h2-5,11,14H,6-10,17H2,1H3,(H,20,21). The molecule has 0 spiro atoms. The molecule has 1 atom stereocenters. The van der Waals surface area contributed by atoms with E-state index in [-0.39, 0.29) is 24.3 Å². The lowest BCUT2D eigenvalue weighted by molar-refractivity contribution is -0.138. The summed E-state index contributed by atoms with van der Waals surface area (Å²) in [5.41, 5.74) is 7.44. The van der Waals surface area contributed by atoms with Crippen LogP contribution in [0.2, 0.25) is 0 Å². The number of nitrogens with two attached hydrogens (primary N) is 1. The van der Waals surface area contributed by atoms with Crippen LogP contribution in [-0.4, -0.2) is 34.5 Å². The highest BCUT2D eigenvalue weighted by Gasteiger charge is 2.33. The Kier molecular flexibility index (Phi) is 4.83. The van der Waals surface area contributed by atoms with Gasteiger partial charge in [-0.05, 0) is 36.5 Å². The van der Waals surface area contributed by atoms with E-state index >= 15 is 0 Å². The highest BCUT2D eigenvalue weighted by molar-refractivity contribution is 5.78. The molecule has 1 aliphatic carbocycles. The Morgan fingerprint density at radius 1 is 1.33 bits per heavy atom. The molecule has 2 rings (SSSR count). The molecule has 5 heteroatoms. The fourth-order valence-corrected chi connectivity index (χ4v) is 2.43. The summed E-state index contributed by atoms with van der Waals surface area (Å²) in [4.78, 5) is 24.8. The minimum Gasteiger partial charge on any atom is -0.481 e. The Morgan fingerprint density at radius 3 is 2.48 bits per heavy atom. The number of carboxylic acid groups (broad SMARTS) is 1. The van der Waals surface area contributed by atoms with Gasteiger partial charge >= 0.3 is 5.97 Å². The lowest BCUT2D eigenvalue weighted by Crippen LogP contribution is -2.35. The third-order valence-electron chi connectivity index (χ3n) is 3.86. The molecule has 1 amide bonds. The summed E-state index contributed by atoms with van der Waals surface area (Å²) in [6.07, 6.45) is 2.39. The monoisotopic (exact) mass is 290 g/mol. The summed E-state index contributed by atoms with van der Waals surface area (Å²) in [6.45, 7) is 2.32. The molecule has 0 heterocycles. The maximum atomic E-state index is 12.4. The van der Waals surface area contributed by atoms with E-state index in [1.807, 2.05) is 31.2 Å². The number of anilines is 1. The number of hydrogen-bond donors (Lipinski definition) is 2. The van der Waals surface area contributed by atoms with Crippen LogP contribution in [0.4, 0.5) is 5.69 Å². The third kappa shape index (κ3) is 4.48. The SMILES string of the molecule is CC(CC(=O)N(CCC(=O)O)C1CC1)c1ccc(N)cc1. The molecule has 0 radical (unpaired) electrons. The lowest BCUT2D eigenvalue weighted by atomic mass is 9.97. The molecule has 3 N–H and O–H groups in total. The quantitative estimate of drug-likeness (QED) is 0.754. The zero-order chi connectivity index (χ0) is 15.4. The van der Waals surface area contributed by atoms with Crippen molar-refractivity contribution < 1.29 is 14.7 Å². The van der Waals surface area contributed by atoms with Crippen LogP contribution in [0.1, 0.15) is 44.1 Å². The molecule has 0 saturated heterocycles. The van der Waals surface area contributed by atoms with Crippen molar-refractivity contribution in [2.24, 2.45) is 0 Å². The first-order valence-electron chi connectivity index (χ1n) is 7.34. The second-order valence-corrected chi connectivity index (χ2v) is 5.73. The normalized spacial score (nSPS) is 15.5. The van der Waals surface area contributed by atoms with Gasteiger partial charge in [0.05, 0.1) is 6.42 Å². The maximum Gasteiger partial charge on any atom is 0.305 e. The van der Waals surface area contributed by atoms with Gasteiger partial charge in [0.1, 0.15) is 0 Å². The van der Waals surface area contributed by atoms with E-state index in [4.69, 9.17) is 10.8 Å². The molecular weight excluding hydrogens is 268 g/mol. The van der Waals surface area contributed by atoms with Crippen molar-refractivity contribution >= 4 is 17.6 Å². The summed E-state index contributed by atoms with van der Waals surface area (Å²) in [7, 11) is 0. The Labute approximate surface area is 124 Å². The Bertz CT molecular complexity index is 509. The number of benzene rings is 1. The van der Waals surface area contributed by atoms with Crippen molar-refractivity contribution in [1.82, 2.24) is 4.90 Å². The first-order chi connectivity index (χ1) is 9.97. The molecule has 1 aromatic carbocycles. The van der Waals surface area contributed by atoms with Crippen LogP contribution in [0.5, 0.6) is 0 Å². The number of nitrogens with zero attached hydrogens (tertiary/aromatic N) is 1. The predicted molar refractivity (Wildman–Crippen MR) is 80.9 cm³/mol. The number of aliphatic carboxylic acids is 1. The van der Waals surface area contributed by atoms with E-state index in [0.29, 0.717) is 18.7 Å². The molecule has 114 valence electrons. The molecule has 1 saturated carbocycles. The molecule has 1 aliphatic rings. The molecule has 0 aliphatic heterocycles. The van der Waals surface area contributed by atoms with E-state index in [0.717, 1.165) is 18.4 Å². The van der Waals surface area contributed by atoms with Crippen LogP contribution >= 0.6 is 0 Å². The predicted octanol–water partition coefficient (Wildman–Crippen LogP) is 2.23. The van der Waals surface area contributed by atoms with Crippen molar-refractivity contribution in [2.45, 2.75) is 44.6 Å². The highest BCUT2D eigenvalue weighted by atomic mass is 16.4. The fraction of sp³-hybridized carbons (Fsp3) is 0.500. The number of hydrogen-bond acceptors (Lipinski definition) is 3. The van der Waals surface area contributed by atoms with Crippen molar-refractivity contribution in [3.8, 4) is 0 Å². The zero-order valence-electron chi connectivity index (χ0n) is 12.3. The Morgan fingerprint density at radius 2 is 1.95 bits per heavy atom. The van der Waals surface area contributed by atoms with Gasteiger partial charge in [0.2, 0.25) is 5.91 Å². The number of amides is 1. The minimum atomic E-state index is -0.861. The maximum absolute atomic E-state index is 12.4. The molecule has 21 heavy (non-hydrogen) atoms. The Hall–Kier alpha value is -2.04. The van der Waals surface area contributed by atoms with Gasteiger partial charge in [0.25, 0.3) is 0 Å². The van der Waals surface area contributed by atoms with Crippen LogP contribution in [0.3, 0.4) is 0 Å². The number of carboxylic acids is 1. The van der Waals surface area contributed by atoms with E-state index in [1.54, 1.807) is 4.90 Å². The molecule has 0 aromatic heterocycles. The summed E-state index contributed by atoms with van der Waals surface area (Å²) >= 11 is 0. The zero-order valence-corrected chi connectivity index (χ0v) is 12.3. The summed E-state index contributed by atoms with van der Waals surface area (Å²) in [5.74, 6) is -0.715. The second-order valence-electron chi connectivity index (χ2n) is 5.73. The second kappa shape index (κ2) is 6.61. The van der Waals surface area contributed by atoms with E-state index in [1.165, 1.54) is 0 Å². The Balaban J connectivity index is 1.94. The van der Waals surface area contributed by atoms with E-state index in [2.05, 4.69) is 0 Å². The molecular formula is C16H22N2O3. The number of nitrogen functional groups attached to an aromatic ring is 1. The first-order valence-corrected chi connectivity index (χ1v) is 7.34. The van der Waals surface area contributed by atoms with Crippen LogP contribution < -0.4 is 5.73 Å². The van der Waals surface area contributed by atoms with Crippen LogP contribution in [0.25, 0.3) is 0 Å². The summed E-state index contributed by atoms with van der Waals surface area (Å²) < 4.78 is 0. The van der Waals surface area contributed by atoms with Crippen LogP contribution in [0, 0.1) is 0 Å². The van der Waals surface area contributed by atoms with Crippen molar-refractivity contribution in [1.29, 1.82) is 0 Å². The van der Waals surface area contributed by atoms with Crippen LogP contribution in [0.15, 0.2) is 24.3 Å². The average molecular weight is 290 g/mol. The molecule has 1 fully saturated rings. The number of rotatable bonds is 7. The van der Waals surface area contributed by atoms with Gasteiger partial charge in [-0.3, -0.25) is 9.59 Å². The minimum absolute atomic E-state index is 0.0124. The molecule has 0 bridgehead atoms. The van der Waals surface area contributed by atoms with Crippen molar-refractivity contribution in [3.05, 3.63) is 29.8 Å². The third-order valence-corrected chi connectivity index (χ3v) is 3.86. The average Bonchev–Trinajstić information content (AvgIpc) is 3.23. The number of carbonyl (C=O) groups is 2. The molecule has 1 unspecified atom stereocenters. The van der Waals surface area contributed by atoms with Crippen molar-refractivity contribution in [2.75, 3.05) is 12.3 Å². The fourth-order valence-electron chi connectivity index (χ4n) is 2.43. The lowest BCUT2D eigenvalue weighted by Gasteiger charge is -2.23. The van der Waals surface area contributed by atoms with Gasteiger partial charge in [-0.1, -0.05) is 19.1 Å². The largest absolute Gasteiger partial charge is 0.481 e. The van der Waals surface area contributed by atoms with Gasteiger partial charge < -0.3 is 15.7 Å². The van der Waals surface area contributed by atoms with Gasteiger partial charge in [-0.15, -0.1) is 0 Å². The van der Waals surface area contributed by atoms with Crippen molar-refractivity contribution in [3.63, 3.8) is 0 Å². The number of carbonyl (C=O) groups excluding carboxylic acids is 1. The van der Waals surface area contributed by atoms with Gasteiger partial charge in [0, 0.05) is 24.7 Å².